The van der Waals surface area contributed by atoms with Gasteiger partial charge in [0.15, 0.2) is 0 Å². The van der Waals surface area contributed by atoms with Crippen LogP contribution in [-0.2, 0) is 9.53 Å². The SMILES string of the molecule is C=C(C)C(=O)OCCCCCCCCCCCCC[Si](I)(I)I. The highest BCUT2D eigenvalue weighted by molar-refractivity contribution is 14.4. The summed E-state index contributed by atoms with van der Waals surface area (Å²) in [6.07, 6.45) is 14.6. The van der Waals surface area contributed by atoms with Crippen LogP contribution in [0, 0.1) is 0 Å². The number of carbonyl (C=O) groups excluding carboxylic acids is 1. The van der Waals surface area contributed by atoms with E-state index < -0.39 is 0.564 Å². The van der Waals surface area contributed by atoms with Gasteiger partial charge in [0.05, 0.1) is 6.61 Å². The first kappa shape index (κ1) is 24.6. The van der Waals surface area contributed by atoms with Crippen molar-refractivity contribution in [2.75, 3.05) is 6.61 Å². The topological polar surface area (TPSA) is 26.3 Å². The molecule has 0 saturated heterocycles. The Bertz CT molecular complexity index is 330. The Morgan fingerprint density at radius 3 is 1.61 bits per heavy atom. The van der Waals surface area contributed by atoms with Crippen molar-refractivity contribution in [3.05, 3.63) is 12.2 Å². The van der Waals surface area contributed by atoms with Crippen LogP contribution in [0.2, 0.25) is 6.04 Å². The molecule has 0 unspecified atom stereocenters. The summed E-state index contributed by atoms with van der Waals surface area (Å²) >= 11 is 7.99. The van der Waals surface area contributed by atoms with Gasteiger partial charge in [-0.3, -0.25) is 0 Å². The summed E-state index contributed by atoms with van der Waals surface area (Å²) in [5, 5.41) is 0. The molecule has 0 aromatic carbocycles. The maximum atomic E-state index is 11.2. The second-order valence-corrected chi connectivity index (χ2v) is 43.1. The first-order chi connectivity index (χ1) is 10.8. The van der Waals surface area contributed by atoms with Crippen molar-refractivity contribution >= 4 is 71.9 Å². The molecule has 6 heteroatoms. The highest BCUT2D eigenvalue weighted by Crippen LogP contribution is 2.35. The van der Waals surface area contributed by atoms with Gasteiger partial charge in [0.1, 0.15) is 0 Å². The van der Waals surface area contributed by atoms with E-state index in [1.54, 1.807) is 6.92 Å². The summed E-state index contributed by atoms with van der Waals surface area (Å²) in [7, 11) is 0. The molecule has 0 aromatic heterocycles. The predicted molar refractivity (Wildman–Crippen MR) is 129 cm³/mol. The van der Waals surface area contributed by atoms with Gasteiger partial charge in [-0.1, -0.05) is 136 Å². The third kappa shape index (κ3) is 19.8. The molecule has 0 amide bonds. The van der Waals surface area contributed by atoms with E-state index in [4.69, 9.17) is 4.74 Å². The van der Waals surface area contributed by atoms with E-state index >= 15 is 0 Å². The van der Waals surface area contributed by atoms with Gasteiger partial charge >= 0.3 is 5.97 Å². The van der Waals surface area contributed by atoms with Crippen LogP contribution in [-0.4, -0.2) is 13.1 Å². The minimum absolute atomic E-state index is 0.256. The fourth-order valence-corrected chi connectivity index (χ4v) is 6.39. The Morgan fingerprint density at radius 1 is 0.826 bits per heavy atom. The molecule has 0 aliphatic heterocycles. The van der Waals surface area contributed by atoms with Crippen LogP contribution in [0.3, 0.4) is 0 Å². The number of rotatable bonds is 15. The van der Waals surface area contributed by atoms with Crippen LogP contribution < -0.4 is 0 Å². The van der Waals surface area contributed by atoms with Crippen LogP contribution >= 0.6 is 65.4 Å². The molecule has 0 radical (unpaired) electrons. The quantitative estimate of drug-likeness (QED) is 0.0446. The Kier molecular flexibility index (Phi) is 17.0. The Morgan fingerprint density at radius 2 is 1.22 bits per heavy atom. The van der Waals surface area contributed by atoms with Crippen LogP contribution in [0.4, 0.5) is 0 Å². The molecule has 136 valence electrons. The molecule has 0 heterocycles. The zero-order valence-corrected chi connectivity index (χ0v) is 21.8. The Labute approximate surface area is 182 Å². The molecule has 0 aliphatic rings. The lowest BCUT2D eigenvalue weighted by Gasteiger charge is -2.08. The first-order valence-corrected chi connectivity index (χ1v) is 20.3. The van der Waals surface area contributed by atoms with Gasteiger partial charge in [0.2, 0.25) is 0 Å². The number of unbranched alkanes of at least 4 members (excludes halogenated alkanes) is 10. The van der Waals surface area contributed by atoms with E-state index in [0.717, 1.165) is 12.8 Å². The molecule has 0 aliphatic carbocycles. The average Bonchev–Trinajstić information content (AvgIpc) is 2.46. The molecule has 0 saturated carbocycles. The van der Waals surface area contributed by atoms with Gasteiger partial charge in [-0.05, 0) is 19.4 Å². The molecule has 0 fully saturated rings. The van der Waals surface area contributed by atoms with Crippen molar-refractivity contribution in [2.24, 2.45) is 0 Å². The number of hydrogen-bond acceptors (Lipinski definition) is 2. The third-order valence-corrected chi connectivity index (χ3v) is 9.46. The van der Waals surface area contributed by atoms with Gasteiger partial charge < -0.3 is 4.74 Å². The maximum Gasteiger partial charge on any atom is 0.333 e. The monoisotopic (exact) mass is 676 g/mol. The lowest BCUT2D eigenvalue weighted by atomic mass is 10.1. The predicted octanol–water partition coefficient (Wildman–Crippen LogP) is 7.64. The van der Waals surface area contributed by atoms with Crippen LogP contribution in [0.1, 0.15) is 77.6 Å². The van der Waals surface area contributed by atoms with E-state index in [9.17, 15) is 4.79 Å². The summed E-state index contributed by atoms with van der Waals surface area (Å²) in [6.45, 7) is 5.80. The van der Waals surface area contributed by atoms with Crippen LogP contribution in [0.25, 0.3) is 0 Å². The Balaban J connectivity index is 3.14. The first-order valence-electron chi connectivity index (χ1n) is 8.72. The van der Waals surface area contributed by atoms with E-state index in [0.29, 0.717) is 12.2 Å². The Hall–Kier alpha value is 1.62. The zero-order valence-electron chi connectivity index (χ0n) is 14.3. The van der Waals surface area contributed by atoms with Gasteiger partial charge in [0, 0.05) is 5.57 Å². The number of carbonyl (C=O) groups is 1. The number of halogens is 3. The van der Waals surface area contributed by atoms with Crippen LogP contribution in [0.5, 0.6) is 0 Å². The average molecular weight is 676 g/mol. The number of hydrogen-bond donors (Lipinski definition) is 0. The van der Waals surface area contributed by atoms with Crippen molar-refractivity contribution < 1.29 is 9.53 Å². The molecular weight excluding hydrogens is 645 g/mol. The molecule has 23 heavy (non-hydrogen) atoms. The maximum absolute atomic E-state index is 11.2. The van der Waals surface area contributed by atoms with Gasteiger partial charge in [-0.15, -0.1) is 0 Å². The summed E-state index contributed by atoms with van der Waals surface area (Å²) in [5.74, 6) is -0.256. The van der Waals surface area contributed by atoms with Gasteiger partial charge in [-0.2, -0.15) is 0 Å². The summed E-state index contributed by atoms with van der Waals surface area (Å²) in [5.41, 5.74) is 0.490. The summed E-state index contributed by atoms with van der Waals surface area (Å²) in [4.78, 5) is 11.2. The highest BCUT2D eigenvalue weighted by Gasteiger charge is 2.19. The largest absolute Gasteiger partial charge is 0.462 e. The molecule has 0 N–H and O–H groups in total. The third-order valence-electron chi connectivity index (χ3n) is 3.69. The van der Waals surface area contributed by atoms with Crippen molar-refractivity contribution in [3.8, 4) is 0 Å². The standard InChI is InChI=1S/C17H31I3O2Si/c1-16(2)17(21)22-14-12-10-8-6-4-3-5-7-9-11-13-15-23(18,19)20/h1,3-15H2,2H3. The molecular formula is C17H31I3O2Si. The normalized spacial score (nSPS) is 11.5. The summed E-state index contributed by atoms with van der Waals surface area (Å²) in [6, 6.07) is 1.45. The van der Waals surface area contributed by atoms with Crippen molar-refractivity contribution in [2.45, 2.75) is 83.6 Å². The molecule has 2 nitrogen and oxygen atoms in total. The fourth-order valence-electron chi connectivity index (χ4n) is 2.31. The fraction of sp³-hybridized carbons (Fsp3) is 0.824. The second-order valence-electron chi connectivity index (χ2n) is 6.17. The number of esters is 1. The minimum Gasteiger partial charge on any atom is -0.462 e. The molecule has 0 rings (SSSR count). The van der Waals surface area contributed by atoms with Crippen molar-refractivity contribution in [1.29, 1.82) is 0 Å². The lowest BCUT2D eigenvalue weighted by Crippen LogP contribution is -2.05. The number of ether oxygens (including phenoxy) is 1. The molecule has 0 bridgehead atoms. The van der Waals surface area contributed by atoms with Crippen molar-refractivity contribution in [1.82, 2.24) is 0 Å². The highest BCUT2D eigenvalue weighted by atomic mass is 127. The zero-order chi connectivity index (χ0) is 17.6. The summed E-state index contributed by atoms with van der Waals surface area (Å²) < 4.78 is 4.19. The second kappa shape index (κ2) is 15.8. The van der Waals surface area contributed by atoms with Gasteiger partial charge in [0.25, 0.3) is 0.564 Å². The van der Waals surface area contributed by atoms with E-state index in [-0.39, 0.29) is 5.97 Å². The van der Waals surface area contributed by atoms with E-state index in [1.165, 1.54) is 63.8 Å². The minimum atomic E-state index is -0.891. The molecule has 0 atom stereocenters. The molecule has 0 spiro atoms. The van der Waals surface area contributed by atoms with E-state index in [1.807, 2.05) is 0 Å². The van der Waals surface area contributed by atoms with Gasteiger partial charge in [-0.25, -0.2) is 4.79 Å². The lowest BCUT2D eigenvalue weighted by molar-refractivity contribution is -0.139. The van der Waals surface area contributed by atoms with Crippen molar-refractivity contribution in [3.63, 3.8) is 0 Å². The molecule has 0 aromatic rings. The van der Waals surface area contributed by atoms with Crippen LogP contribution in [0.15, 0.2) is 12.2 Å². The smallest absolute Gasteiger partial charge is 0.333 e. The van der Waals surface area contributed by atoms with E-state index in [2.05, 4.69) is 72.0 Å².